The second kappa shape index (κ2) is 6.29. The van der Waals surface area contributed by atoms with Gasteiger partial charge < -0.3 is 9.15 Å². The standard InChI is InChI=1S/C16H10ClN3O2/c17-13-7-3-2-6-12(13)16-20-19-15(22-16)10-21-14-8-4-1-5-11(14)9-18/h1-8H,10H2. The molecular weight excluding hydrogens is 302 g/mol. The third-order valence-corrected chi connectivity index (χ3v) is 3.26. The Labute approximate surface area is 131 Å². The summed E-state index contributed by atoms with van der Waals surface area (Å²) in [7, 11) is 0. The van der Waals surface area contributed by atoms with Gasteiger partial charge in [0, 0.05) is 0 Å². The molecule has 0 atom stereocenters. The molecule has 0 aliphatic heterocycles. The summed E-state index contributed by atoms with van der Waals surface area (Å²) in [6.45, 7) is 0.0795. The Kier molecular flexibility index (Phi) is 4.03. The fourth-order valence-corrected chi connectivity index (χ4v) is 2.10. The van der Waals surface area contributed by atoms with E-state index in [9.17, 15) is 0 Å². The predicted molar refractivity (Wildman–Crippen MR) is 80.2 cm³/mol. The van der Waals surface area contributed by atoms with Crippen molar-refractivity contribution < 1.29 is 9.15 Å². The lowest BCUT2D eigenvalue weighted by Gasteiger charge is -2.04. The third-order valence-electron chi connectivity index (χ3n) is 2.93. The van der Waals surface area contributed by atoms with Crippen LogP contribution in [-0.4, -0.2) is 10.2 Å². The maximum Gasteiger partial charge on any atom is 0.254 e. The van der Waals surface area contributed by atoms with Crippen LogP contribution in [0, 0.1) is 11.3 Å². The van der Waals surface area contributed by atoms with Crippen LogP contribution >= 0.6 is 11.6 Å². The Morgan fingerprint density at radius 1 is 1.09 bits per heavy atom. The molecule has 3 rings (SSSR count). The molecule has 0 radical (unpaired) electrons. The summed E-state index contributed by atoms with van der Waals surface area (Å²) in [6, 6.07) is 16.2. The first-order valence-electron chi connectivity index (χ1n) is 6.47. The van der Waals surface area contributed by atoms with Crippen LogP contribution in [-0.2, 0) is 6.61 Å². The highest BCUT2D eigenvalue weighted by molar-refractivity contribution is 6.33. The molecule has 1 aromatic heterocycles. The van der Waals surface area contributed by atoms with Gasteiger partial charge >= 0.3 is 0 Å². The number of benzene rings is 2. The number of nitrogens with zero attached hydrogens (tertiary/aromatic N) is 3. The highest BCUT2D eigenvalue weighted by Gasteiger charge is 2.12. The largest absolute Gasteiger partial charge is 0.482 e. The smallest absolute Gasteiger partial charge is 0.254 e. The maximum absolute atomic E-state index is 9.00. The van der Waals surface area contributed by atoms with Gasteiger partial charge in [0.25, 0.3) is 5.89 Å². The van der Waals surface area contributed by atoms with Crippen molar-refractivity contribution in [3.8, 4) is 23.3 Å². The Balaban J connectivity index is 1.76. The van der Waals surface area contributed by atoms with Crippen LogP contribution in [0.3, 0.4) is 0 Å². The van der Waals surface area contributed by atoms with Crippen molar-refractivity contribution in [2.24, 2.45) is 0 Å². The van der Waals surface area contributed by atoms with Crippen molar-refractivity contribution >= 4 is 11.6 Å². The van der Waals surface area contributed by atoms with E-state index in [1.54, 1.807) is 36.4 Å². The SMILES string of the molecule is N#Cc1ccccc1OCc1nnc(-c2ccccc2Cl)o1. The number of para-hydroxylation sites is 1. The van der Waals surface area contributed by atoms with E-state index in [0.717, 1.165) is 0 Å². The molecule has 0 unspecified atom stereocenters. The van der Waals surface area contributed by atoms with E-state index in [1.165, 1.54) is 0 Å². The van der Waals surface area contributed by atoms with Gasteiger partial charge in [-0.05, 0) is 24.3 Å². The maximum atomic E-state index is 9.00. The third kappa shape index (κ3) is 2.92. The van der Waals surface area contributed by atoms with Crippen molar-refractivity contribution in [1.82, 2.24) is 10.2 Å². The van der Waals surface area contributed by atoms with Crippen LogP contribution in [0.25, 0.3) is 11.5 Å². The van der Waals surface area contributed by atoms with Crippen molar-refractivity contribution in [3.63, 3.8) is 0 Å². The summed E-state index contributed by atoms with van der Waals surface area (Å²) in [5.41, 5.74) is 1.12. The zero-order valence-corrected chi connectivity index (χ0v) is 12.1. The minimum atomic E-state index is 0.0795. The highest BCUT2D eigenvalue weighted by Crippen LogP contribution is 2.26. The van der Waals surface area contributed by atoms with Crippen molar-refractivity contribution in [3.05, 3.63) is 65.0 Å². The molecule has 22 heavy (non-hydrogen) atoms. The number of halogens is 1. The summed E-state index contributed by atoms with van der Waals surface area (Å²) in [5.74, 6) is 1.11. The van der Waals surface area contributed by atoms with E-state index in [4.69, 9.17) is 26.0 Å². The van der Waals surface area contributed by atoms with Gasteiger partial charge in [0.2, 0.25) is 5.89 Å². The zero-order chi connectivity index (χ0) is 15.4. The fraction of sp³-hybridized carbons (Fsp3) is 0.0625. The Morgan fingerprint density at radius 3 is 2.68 bits per heavy atom. The number of hydrogen-bond acceptors (Lipinski definition) is 5. The number of hydrogen-bond donors (Lipinski definition) is 0. The van der Waals surface area contributed by atoms with Crippen LogP contribution in [0.5, 0.6) is 5.75 Å². The summed E-state index contributed by atoms with van der Waals surface area (Å²) >= 11 is 6.09. The van der Waals surface area contributed by atoms with Gasteiger partial charge in [0.1, 0.15) is 11.8 Å². The lowest BCUT2D eigenvalue weighted by molar-refractivity contribution is 0.264. The molecule has 0 saturated carbocycles. The van der Waals surface area contributed by atoms with Crippen molar-refractivity contribution in [1.29, 1.82) is 5.26 Å². The molecule has 108 valence electrons. The second-order valence-corrected chi connectivity index (χ2v) is 4.78. The monoisotopic (exact) mass is 311 g/mol. The summed E-state index contributed by atoms with van der Waals surface area (Å²) in [4.78, 5) is 0. The molecular formula is C16H10ClN3O2. The molecule has 6 heteroatoms. The second-order valence-electron chi connectivity index (χ2n) is 4.38. The van der Waals surface area contributed by atoms with Crippen LogP contribution in [0.1, 0.15) is 11.5 Å². The number of aromatic nitrogens is 2. The molecule has 0 N–H and O–H groups in total. The molecule has 0 amide bonds. The topological polar surface area (TPSA) is 71.9 Å². The molecule has 5 nitrogen and oxygen atoms in total. The molecule has 0 bridgehead atoms. The molecule has 1 heterocycles. The van der Waals surface area contributed by atoms with Crippen LogP contribution in [0.2, 0.25) is 5.02 Å². The average molecular weight is 312 g/mol. The van der Waals surface area contributed by atoms with Crippen molar-refractivity contribution in [2.75, 3.05) is 0 Å². The average Bonchev–Trinajstić information content (AvgIpc) is 3.02. The molecule has 2 aromatic carbocycles. The van der Waals surface area contributed by atoms with Crippen LogP contribution in [0.4, 0.5) is 0 Å². The molecule has 0 spiro atoms. The van der Waals surface area contributed by atoms with Gasteiger partial charge in [-0.15, -0.1) is 10.2 Å². The van der Waals surface area contributed by atoms with Crippen LogP contribution < -0.4 is 4.74 Å². The molecule has 0 aliphatic rings. The van der Waals surface area contributed by atoms with Gasteiger partial charge in [0.15, 0.2) is 6.61 Å². The van der Waals surface area contributed by atoms with Gasteiger partial charge in [-0.2, -0.15) is 5.26 Å². The Bertz CT molecular complexity index is 839. The van der Waals surface area contributed by atoms with E-state index in [1.807, 2.05) is 12.1 Å². The fourth-order valence-electron chi connectivity index (χ4n) is 1.88. The first kappa shape index (κ1) is 14.1. The molecule has 0 saturated heterocycles. The first-order valence-corrected chi connectivity index (χ1v) is 6.85. The number of ether oxygens (including phenoxy) is 1. The predicted octanol–water partition coefficient (Wildman–Crippen LogP) is 3.84. The Morgan fingerprint density at radius 2 is 1.86 bits per heavy atom. The zero-order valence-electron chi connectivity index (χ0n) is 11.4. The van der Waals surface area contributed by atoms with E-state index < -0.39 is 0 Å². The number of rotatable bonds is 4. The first-order chi connectivity index (χ1) is 10.8. The summed E-state index contributed by atoms with van der Waals surface area (Å²) in [5, 5.41) is 17.4. The minimum absolute atomic E-state index is 0.0795. The summed E-state index contributed by atoms with van der Waals surface area (Å²) in [6.07, 6.45) is 0. The van der Waals surface area contributed by atoms with E-state index >= 15 is 0 Å². The van der Waals surface area contributed by atoms with Gasteiger partial charge in [-0.1, -0.05) is 35.9 Å². The molecule has 0 fully saturated rings. The van der Waals surface area contributed by atoms with Crippen molar-refractivity contribution in [2.45, 2.75) is 6.61 Å². The van der Waals surface area contributed by atoms with Gasteiger partial charge in [0.05, 0.1) is 16.1 Å². The highest BCUT2D eigenvalue weighted by atomic mass is 35.5. The minimum Gasteiger partial charge on any atom is -0.482 e. The quantitative estimate of drug-likeness (QED) is 0.732. The van der Waals surface area contributed by atoms with Gasteiger partial charge in [-0.25, -0.2) is 0 Å². The van der Waals surface area contributed by atoms with Gasteiger partial charge in [-0.3, -0.25) is 0 Å². The normalized spacial score (nSPS) is 10.2. The molecule has 3 aromatic rings. The molecule has 0 aliphatic carbocycles. The lowest BCUT2D eigenvalue weighted by atomic mass is 10.2. The lowest BCUT2D eigenvalue weighted by Crippen LogP contribution is -1.97. The van der Waals surface area contributed by atoms with E-state index in [0.29, 0.717) is 33.7 Å². The van der Waals surface area contributed by atoms with E-state index in [-0.39, 0.29) is 6.61 Å². The van der Waals surface area contributed by atoms with Crippen LogP contribution in [0.15, 0.2) is 52.9 Å². The Hall–Kier alpha value is -2.84. The van der Waals surface area contributed by atoms with E-state index in [2.05, 4.69) is 16.3 Å². The number of nitriles is 1. The summed E-state index contributed by atoms with van der Waals surface area (Å²) < 4.78 is 11.1.